The molecule has 4 heteroatoms. The molecule has 1 atom stereocenters. The highest BCUT2D eigenvalue weighted by Crippen LogP contribution is 2.43. The van der Waals surface area contributed by atoms with Crippen molar-refractivity contribution in [2.24, 2.45) is 0 Å². The number of hydrogen-bond donors (Lipinski definition) is 1. The Morgan fingerprint density at radius 3 is 2.48 bits per heavy atom. The topological polar surface area (TPSA) is 47.6 Å². The van der Waals surface area contributed by atoms with Crippen LogP contribution < -0.4 is 10.1 Å². The standard InChI is InChI=1S/C23H27NO3/c25-22(24-17-23(13-5-14-23)19-6-2-1-3-7-19)18-9-11-20(12-10-18)27-16-21-8-4-15-26-21/h1-3,6-7,9-12,21H,4-5,8,13-17H2,(H,24,25). The lowest BCUT2D eigenvalue weighted by Crippen LogP contribution is -2.45. The van der Waals surface area contributed by atoms with Crippen molar-refractivity contribution in [1.29, 1.82) is 0 Å². The average Bonchev–Trinajstić information content (AvgIpc) is 3.20. The summed E-state index contributed by atoms with van der Waals surface area (Å²) in [4.78, 5) is 12.6. The molecule has 1 aliphatic carbocycles. The first-order valence-corrected chi connectivity index (χ1v) is 9.93. The van der Waals surface area contributed by atoms with Crippen LogP contribution in [0.2, 0.25) is 0 Å². The molecular formula is C23H27NO3. The van der Waals surface area contributed by atoms with E-state index >= 15 is 0 Å². The van der Waals surface area contributed by atoms with Gasteiger partial charge in [-0.3, -0.25) is 4.79 Å². The van der Waals surface area contributed by atoms with Crippen molar-refractivity contribution in [3.63, 3.8) is 0 Å². The van der Waals surface area contributed by atoms with E-state index in [9.17, 15) is 4.79 Å². The van der Waals surface area contributed by atoms with E-state index in [0.29, 0.717) is 18.7 Å². The third kappa shape index (κ3) is 4.16. The van der Waals surface area contributed by atoms with Crippen molar-refractivity contribution in [1.82, 2.24) is 5.32 Å². The Morgan fingerprint density at radius 1 is 1.07 bits per heavy atom. The summed E-state index contributed by atoms with van der Waals surface area (Å²) in [5, 5.41) is 3.14. The van der Waals surface area contributed by atoms with Crippen LogP contribution in [0, 0.1) is 0 Å². The van der Waals surface area contributed by atoms with Gasteiger partial charge >= 0.3 is 0 Å². The van der Waals surface area contributed by atoms with Crippen LogP contribution in [0.15, 0.2) is 54.6 Å². The number of hydrogen-bond acceptors (Lipinski definition) is 3. The molecule has 0 aromatic heterocycles. The molecule has 2 aromatic carbocycles. The first-order chi connectivity index (χ1) is 13.3. The van der Waals surface area contributed by atoms with Gasteiger partial charge in [-0.1, -0.05) is 36.8 Å². The number of carbonyl (C=O) groups excluding carboxylic acids is 1. The number of benzene rings is 2. The van der Waals surface area contributed by atoms with Crippen LogP contribution in [0.4, 0.5) is 0 Å². The molecule has 4 rings (SSSR count). The molecule has 1 aliphatic heterocycles. The van der Waals surface area contributed by atoms with Gasteiger partial charge < -0.3 is 14.8 Å². The van der Waals surface area contributed by atoms with Crippen LogP contribution in [-0.4, -0.2) is 31.8 Å². The monoisotopic (exact) mass is 365 g/mol. The maximum Gasteiger partial charge on any atom is 0.251 e. The number of carbonyl (C=O) groups is 1. The minimum atomic E-state index is -0.0251. The van der Waals surface area contributed by atoms with Crippen LogP contribution in [-0.2, 0) is 10.2 Å². The summed E-state index contributed by atoms with van der Waals surface area (Å²) in [5.41, 5.74) is 2.10. The van der Waals surface area contributed by atoms with E-state index in [0.717, 1.165) is 38.0 Å². The molecule has 27 heavy (non-hydrogen) atoms. The van der Waals surface area contributed by atoms with E-state index < -0.39 is 0 Å². The largest absolute Gasteiger partial charge is 0.491 e. The maximum atomic E-state index is 12.6. The van der Waals surface area contributed by atoms with Crippen LogP contribution in [0.1, 0.15) is 48.0 Å². The lowest BCUT2D eigenvalue weighted by atomic mass is 9.64. The lowest BCUT2D eigenvalue weighted by Gasteiger charge is -2.42. The Balaban J connectivity index is 1.31. The summed E-state index contributed by atoms with van der Waals surface area (Å²) in [6, 6.07) is 17.9. The summed E-state index contributed by atoms with van der Waals surface area (Å²) >= 11 is 0. The van der Waals surface area contributed by atoms with Gasteiger partial charge in [0.15, 0.2) is 0 Å². The predicted molar refractivity (Wildman–Crippen MR) is 105 cm³/mol. The summed E-state index contributed by atoms with van der Waals surface area (Å²) in [5.74, 6) is 0.754. The van der Waals surface area contributed by atoms with Crippen molar-refractivity contribution in [3.8, 4) is 5.75 Å². The molecule has 1 amide bonds. The normalized spacial score (nSPS) is 20.7. The van der Waals surface area contributed by atoms with E-state index in [1.54, 1.807) is 0 Å². The maximum absolute atomic E-state index is 12.6. The summed E-state index contributed by atoms with van der Waals surface area (Å²) in [6.45, 7) is 2.09. The van der Waals surface area contributed by atoms with Crippen molar-refractivity contribution in [2.75, 3.05) is 19.8 Å². The molecule has 2 fully saturated rings. The number of amides is 1. The van der Waals surface area contributed by atoms with Gasteiger partial charge in [0.05, 0.1) is 6.10 Å². The minimum absolute atomic E-state index is 0.0251. The van der Waals surface area contributed by atoms with Crippen LogP contribution in [0.3, 0.4) is 0 Å². The molecule has 2 aliphatic rings. The van der Waals surface area contributed by atoms with E-state index in [1.807, 2.05) is 30.3 Å². The molecule has 1 saturated carbocycles. The highest BCUT2D eigenvalue weighted by atomic mass is 16.5. The second-order valence-electron chi connectivity index (χ2n) is 7.65. The molecule has 4 nitrogen and oxygen atoms in total. The molecule has 0 radical (unpaired) electrons. The van der Waals surface area contributed by atoms with Gasteiger partial charge in [0.25, 0.3) is 5.91 Å². The Kier molecular flexibility index (Phi) is 5.44. The fraction of sp³-hybridized carbons (Fsp3) is 0.435. The molecule has 0 spiro atoms. The Labute approximate surface area is 160 Å². The van der Waals surface area contributed by atoms with Gasteiger partial charge in [-0.25, -0.2) is 0 Å². The van der Waals surface area contributed by atoms with Gasteiger partial charge in [0.1, 0.15) is 12.4 Å². The molecule has 1 N–H and O–H groups in total. The zero-order valence-electron chi connectivity index (χ0n) is 15.7. The van der Waals surface area contributed by atoms with Gasteiger partial charge in [0.2, 0.25) is 0 Å². The van der Waals surface area contributed by atoms with E-state index in [-0.39, 0.29) is 17.4 Å². The highest BCUT2D eigenvalue weighted by Gasteiger charge is 2.38. The van der Waals surface area contributed by atoms with Gasteiger partial charge in [-0.05, 0) is 55.5 Å². The summed E-state index contributed by atoms with van der Waals surface area (Å²) < 4.78 is 11.3. The summed E-state index contributed by atoms with van der Waals surface area (Å²) in [6.07, 6.45) is 5.85. The summed E-state index contributed by atoms with van der Waals surface area (Å²) in [7, 11) is 0. The third-order valence-corrected chi connectivity index (χ3v) is 5.86. The molecule has 0 bridgehead atoms. The van der Waals surface area contributed by atoms with Crippen molar-refractivity contribution >= 4 is 5.91 Å². The zero-order chi connectivity index (χ0) is 18.5. The zero-order valence-corrected chi connectivity index (χ0v) is 15.7. The van der Waals surface area contributed by atoms with Gasteiger partial charge in [-0.15, -0.1) is 0 Å². The van der Waals surface area contributed by atoms with Crippen LogP contribution in [0.25, 0.3) is 0 Å². The smallest absolute Gasteiger partial charge is 0.251 e. The number of rotatable bonds is 7. The highest BCUT2D eigenvalue weighted by molar-refractivity contribution is 5.94. The number of nitrogens with one attached hydrogen (secondary N) is 1. The predicted octanol–water partition coefficient (Wildman–Crippen LogP) is 4.10. The number of ether oxygens (including phenoxy) is 2. The third-order valence-electron chi connectivity index (χ3n) is 5.86. The first-order valence-electron chi connectivity index (χ1n) is 9.93. The van der Waals surface area contributed by atoms with E-state index in [1.165, 1.54) is 12.0 Å². The van der Waals surface area contributed by atoms with Crippen LogP contribution in [0.5, 0.6) is 5.75 Å². The van der Waals surface area contributed by atoms with Gasteiger partial charge in [-0.2, -0.15) is 0 Å². The Morgan fingerprint density at radius 2 is 1.85 bits per heavy atom. The quantitative estimate of drug-likeness (QED) is 0.804. The lowest BCUT2D eigenvalue weighted by molar-refractivity contribution is 0.0679. The van der Waals surface area contributed by atoms with Crippen molar-refractivity contribution in [2.45, 2.75) is 43.6 Å². The Hall–Kier alpha value is -2.33. The minimum Gasteiger partial charge on any atom is -0.491 e. The fourth-order valence-corrected chi connectivity index (χ4v) is 3.98. The molecule has 1 unspecified atom stereocenters. The molecule has 142 valence electrons. The van der Waals surface area contributed by atoms with Crippen molar-refractivity contribution in [3.05, 3.63) is 65.7 Å². The second-order valence-corrected chi connectivity index (χ2v) is 7.65. The first kappa shape index (κ1) is 18.1. The van der Waals surface area contributed by atoms with E-state index in [4.69, 9.17) is 9.47 Å². The Bertz CT molecular complexity index is 747. The molecular weight excluding hydrogens is 338 g/mol. The average molecular weight is 365 g/mol. The molecule has 1 saturated heterocycles. The van der Waals surface area contributed by atoms with E-state index in [2.05, 4.69) is 29.6 Å². The fourth-order valence-electron chi connectivity index (χ4n) is 3.98. The van der Waals surface area contributed by atoms with Gasteiger partial charge in [0, 0.05) is 24.1 Å². The second kappa shape index (κ2) is 8.13. The molecule has 2 aromatic rings. The SMILES string of the molecule is O=C(NCC1(c2ccccc2)CCC1)c1ccc(OCC2CCCO2)cc1. The van der Waals surface area contributed by atoms with Crippen molar-refractivity contribution < 1.29 is 14.3 Å². The van der Waals surface area contributed by atoms with Crippen LogP contribution >= 0.6 is 0 Å². The molecule has 1 heterocycles.